The zero-order valence-electron chi connectivity index (χ0n) is 17.7. The largest absolute Gasteiger partial charge is 0.496 e. The van der Waals surface area contributed by atoms with Crippen LogP contribution >= 0.6 is 7.14 Å². The van der Waals surface area contributed by atoms with Gasteiger partial charge in [-0.1, -0.05) is 46.6 Å². The fourth-order valence-electron chi connectivity index (χ4n) is 4.54. The van der Waals surface area contributed by atoms with Crippen LogP contribution in [0, 0.1) is 11.3 Å². The van der Waals surface area contributed by atoms with E-state index in [-0.39, 0.29) is 22.5 Å². The Hall–Kier alpha value is -1.28. The normalized spacial score (nSPS) is 18.7. The zero-order valence-corrected chi connectivity index (χ0v) is 18.6. The van der Waals surface area contributed by atoms with E-state index in [1.54, 1.807) is 18.2 Å². The summed E-state index contributed by atoms with van der Waals surface area (Å²) in [6.45, 7) is 8.69. The van der Waals surface area contributed by atoms with E-state index in [2.05, 4.69) is 27.7 Å². The Balaban J connectivity index is 2.45. The zero-order chi connectivity index (χ0) is 20.2. The molecule has 1 aromatic rings. The predicted octanol–water partition coefficient (Wildman–Crippen LogP) is 6.22. The van der Waals surface area contributed by atoms with Gasteiger partial charge in [0.1, 0.15) is 17.1 Å². The number of hydrogen-bond donors (Lipinski definition) is 0. The molecule has 0 spiro atoms. The molecular formula is C22H35O4P. The fraction of sp³-hybridized carbons (Fsp3) is 0.682. The average Bonchev–Trinajstić information content (AvgIpc) is 3.13. The van der Waals surface area contributed by atoms with E-state index in [0.717, 1.165) is 32.1 Å². The average molecular weight is 394 g/mol. The lowest BCUT2D eigenvalue weighted by Crippen LogP contribution is -2.22. The van der Waals surface area contributed by atoms with Gasteiger partial charge >= 0.3 is 0 Å². The molecule has 0 bridgehead atoms. The third-order valence-corrected chi connectivity index (χ3v) is 9.22. The number of rotatable bonds is 8. The lowest BCUT2D eigenvalue weighted by molar-refractivity contribution is 0.106. The summed E-state index contributed by atoms with van der Waals surface area (Å²) in [7, 11) is -0.0293. The smallest absolute Gasteiger partial charge is 0.229 e. The molecule has 1 fully saturated rings. The molecule has 27 heavy (non-hydrogen) atoms. The number of benzene rings is 1. The van der Waals surface area contributed by atoms with Crippen molar-refractivity contribution in [3.8, 4) is 11.5 Å². The highest BCUT2D eigenvalue weighted by Gasteiger charge is 2.44. The van der Waals surface area contributed by atoms with Crippen LogP contribution in [0.4, 0.5) is 0 Å². The summed E-state index contributed by atoms with van der Waals surface area (Å²) in [6.07, 6.45) is 5.28. The Labute approximate surface area is 164 Å². The van der Waals surface area contributed by atoms with Gasteiger partial charge in [0.15, 0.2) is 7.14 Å². The summed E-state index contributed by atoms with van der Waals surface area (Å²) in [5.41, 5.74) is 0.220. The summed E-state index contributed by atoms with van der Waals surface area (Å²) >= 11 is 0. The maximum atomic E-state index is 14.3. The highest BCUT2D eigenvalue weighted by Crippen LogP contribution is 2.61. The maximum absolute atomic E-state index is 14.3. The number of hydrogen-bond acceptors (Lipinski definition) is 4. The first kappa shape index (κ1) is 22.0. The van der Waals surface area contributed by atoms with Gasteiger partial charge in [-0.05, 0) is 42.7 Å². The molecule has 0 radical (unpaired) electrons. The van der Waals surface area contributed by atoms with Crippen molar-refractivity contribution in [1.29, 1.82) is 0 Å². The minimum atomic E-state index is -3.10. The van der Waals surface area contributed by atoms with E-state index < -0.39 is 7.14 Å². The lowest BCUT2D eigenvalue weighted by atomic mass is 9.86. The second-order valence-electron chi connectivity index (χ2n) is 9.13. The summed E-state index contributed by atoms with van der Waals surface area (Å²) in [6, 6.07) is 5.28. The van der Waals surface area contributed by atoms with E-state index in [4.69, 9.17) is 9.47 Å². The van der Waals surface area contributed by atoms with Gasteiger partial charge in [-0.15, -0.1) is 0 Å². The van der Waals surface area contributed by atoms with Crippen LogP contribution in [0.3, 0.4) is 0 Å². The van der Waals surface area contributed by atoms with Gasteiger partial charge in [0, 0.05) is 11.8 Å². The molecule has 1 saturated carbocycles. The lowest BCUT2D eigenvalue weighted by Gasteiger charge is -2.30. The first-order valence-corrected chi connectivity index (χ1v) is 11.9. The van der Waals surface area contributed by atoms with E-state index in [1.165, 1.54) is 14.2 Å². The van der Waals surface area contributed by atoms with Gasteiger partial charge in [-0.2, -0.15) is 0 Å². The van der Waals surface area contributed by atoms with E-state index in [1.807, 2.05) is 0 Å². The van der Waals surface area contributed by atoms with Crippen LogP contribution in [0.15, 0.2) is 18.2 Å². The minimum absolute atomic E-state index is 0.0120. The van der Waals surface area contributed by atoms with Gasteiger partial charge in [0.2, 0.25) is 5.52 Å². The quantitative estimate of drug-likeness (QED) is 0.491. The van der Waals surface area contributed by atoms with Crippen molar-refractivity contribution in [1.82, 2.24) is 0 Å². The van der Waals surface area contributed by atoms with Gasteiger partial charge in [0.25, 0.3) is 0 Å². The molecule has 0 aliphatic heterocycles. The Kier molecular flexibility index (Phi) is 7.19. The van der Waals surface area contributed by atoms with Crippen molar-refractivity contribution >= 4 is 12.7 Å². The molecule has 0 aromatic heterocycles. The van der Waals surface area contributed by atoms with Gasteiger partial charge in [-0.25, -0.2) is 0 Å². The number of methoxy groups -OCH3 is 2. The summed E-state index contributed by atoms with van der Waals surface area (Å²) in [4.78, 5) is 13.7. The second-order valence-corrected chi connectivity index (χ2v) is 12.2. The predicted molar refractivity (Wildman–Crippen MR) is 112 cm³/mol. The number of ether oxygens (including phenoxy) is 2. The van der Waals surface area contributed by atoms with Crippen molar-refractivity contribution in [3.05, 3.63) is 23.8 Å². The van der Waals surface area contributed by atoms with Crippen LogP contribution in [-0.4, -0.2) is 31.6 Å². The monoisotopic (exact) mass is 394 g/mol. The topological polar surface area (TPSA) is 52.6 Å². The molecule has 4 nitrogen and oxygen atoms in total. The van der Waals surface area contributed by atoms with Crippen LogP contribution in [0.2, 0.25) is 0 Å². The Bertz CT molecular complexity index is 677. The van der Waals surface area contributed by atoms with E-state index >= 15 is 0 Å². The van der Waals surface area contributed by atoms with E-state index in [0.29, 0.717) is 23.2 Å². The highest BCUT2D eigenvalue weighted by molar-refractivity contribution is 7.81. The van der Waals surface area contributed by atoms with Crippen molar-refractivity contribution in [3.63, 3.8) is 0 Å². The minimum Gasteiger partial charge on any atom is -0.496 e. The van der Waals surface area contributed by atoms with E-state index in [9.17, 15) is 9.36 Å². The molecule has 152 valence electrons. The molecule has 1 aliphatic carbocycles. The standard InChI is InChI=1S/C22H35O4P/c1-16(14-22(2,3)4)15-27(24,17-10-7-8-11-17)21(23)20-18(25-5)12-9-13-19(20)26-6/h9,12-13,16-17H,7-8,10-11,14-15H2,1-6H3. The molecular weight excluding hydrogens is 359 g/mol. The summed E-state index contributed by atoms with van der Waals surface area (Å²) in [5, 5.41) is 0. The molecule has 1 aliphatic rings. The molecule has 2 rings (SSSR count). The highest BCUT2D eigenvalue weighted by atomic mass is 31.2. The van der Waals surface area contributed by atoms with Gasteiger partial charge in [0.05, 0.1) is 14.2 Å². The maximum Gasteiger partial charge on any atom is 0.229 e. The molecule has 0 saturated heterocycles. The molecule has 0 heterocycles. The molecule has 1 aromatic carbocycles. The number of carbonyl (C=O) groups is 1. The second kappa shape index (κ2) is 8.82. The van der Waals surface area contributed by atoms with Crippen molar-refractivity contribution in [2.24, 2.45) is 11.3 Å². The third kappa shape index (κ3) is 5.16. The summed E-state index contributed by atoms with van der Waals surface area (Å²) in [5.74, 6) is 1.11. The Morgan fingerprint density at radius 2 is 1.67 bits per heavy atom. The van der Waals surface area contributed by atoms with Crippen molar-refractivity contribution in [2.75, 3.05) is 20.4 Å². The third-order valence-electron chi connectivity index (χ3n) is 5.44. The Morgan fingerprint density at radius 3 is 2.11 bits per heavy atom. The first-order chi connectivity index (χ1) is 12.6. The molecule has 2 atom stereocenters. The first-order valence-electron chi connectivity index (χ1n) is 9.97. The molecule has 2 unspecified atom stereocenters. The molecule has 5 heteroatoms. The van der Waals surface area contributed by atoms with Crippen LogP contribution < -0.4 is 9.47 Å². The SMILES string of the molecule is COc1cccc(OC)c1C(=O)P(=O)(CC(C)CC(C)(C)C)C1CCCC1. The van der Waals surface area contributed by atoms with Crippen LogP contribution in [0.1, 0.15) is 70.2 Å². The van der Waals surface area contributed by atoms with Crippen LogP contribution in [0.25, 0.3) is 0 Å². The van der Waals surface area contributed by atoms with Crippen molar-refractivity contribution in [2.45, 2.75) is 65.5 Å². The van der Waals surface area contributed by atoms with Gasteiger partial charge in [-0.3, -0.25) is 4.79 Å². The van der Waals surface area contributed by atoms with Gasteiger partial charge < -0.3 is 14.0 Å². The van der Waals surface area contributed by atoms with Crippen LogP contribution in [-0.2, 0) is 4.57 Å². The fourth-order valence-corrected chi connectivity index (χ4v) is 8.19. The Morgan fingerprint density at radius 1 is 1.15 bits per heavy atom. The summed E-state index contributed by atoms with van der Waals surface area (Å²) < 4.78 is 25.1. The molecule has 0 amide bonds. The van der Waals surface area contributed by atoms with Crippen LogP contribution in [0.5, 0.6) is 11.5 Å². The number of carbonyl (C=O) groups excluding carboxylic acids is 1. The molecule has 0 N–H and O–H groups in total. The van der Waals surface area contributed by atoms with Crippen molar-refractivity contribution < 1.29 is 18.8 Å².